The van der Waals surface area contributed by atoms with E-state index in [9.17, 15) is 9.90 Å². The van der Waals surface area contributed by atoms with E-state index < -0.39 is 0 Å². The summed E-state index contributed by atoms with van der Waals surface area (Å²) in [6.07, 6.45) is 1.58. The van der Waals surface area contributed by atoms with Crippen LogP contribution in [0, 0.1) is 0 Å². The van der Waals surface area contributed by atoms with Gasteiger partial charge in [-0.2, -0.15) is 0 Å². The van der Waals surface area contributed by atoms with Crippen LogP contribution < -0.4 is 14.8 Å². The predicted molar refractivity (Wildman–Crippen MR) is 66.4 cm³/mol. The number of phenolic OH excluding ortho intramolecular Hbond substituents is 1. The highest BCUT2D eigenvalue weighted by molar-refractivity contribution is 7.07. The second-order valence-electron chi connectivity index (χ2n) is 3.19. The lowest BCUT2D eigenvalue weighted by molar-refractivity contribution is 0.474. The van der Waals surface area contributed by atoms with Crippen LogP contribution in [-0.2, 0) is 0 Å². The van der Waals surface area contributed by atoms with E-state index >= 15 is 0 Å². The molecule has 0 aliphatic heterocycles. The maximum absolute atomic E-state index is 11.4. The summed E-state index contributed by atoms with van der Waals surface area (Å²) in [5.41, 5.74) is 0.300. The Kier molecular flexibility index (Phi) is 2.85. The van der Waals surface area contributed by atoms with Crippen LogP contribution in [0.4, 0.5) is 0 Å². The highest BCUT2D eigenvalue weighted by Crippen LogP contribution is 2.21. The van der Waals surface area contributed by atoms with Gasteiger partial charge in [-0.05, 0) is 24.3 Å². The Hall–Kier alpha value is -1.52. The van der Waals surface area contributed by atoms with Gasteiger partial charge >= 0.3 is 0 Å². The maximum atomic E-state index is 11.4. The molecule has 0 bridgehead atoms. The van der Waals surface area contributed by atoms with Crippen molar-refractivity contribution in [2.45, 2.75) is 0 Å². The molecule has 5 heteroatoms. The van der Waals surface area contributed by atoms with Crippen LogP contribution >= 0.6 is 22.9 Å². The number of aromatic amines is 1. The molecule has 0 spiro atoms. The highest BCUT2D eigenvalue weighted by Gasteiger charge is 2.00. The van der Waals surface area contributed by atoms with Crippen LogP contribution in [0.15, 0.2) is 23.0 Å². The monoisotopic (exact) mass is 253 g/mol. The van der Waals surface area contributed by atoms with E-state index in [-0.39, 0.29) is 11.3 Å². The lowest BCUT2D eigenvalue weighted by atomic mass is 10.2. The summed E-state index contributed by atoms with van der Waals surface area (Å²) in [6.45, 7) is 3.64. The topological polar surface area (TPSA) is 53.1 Å². The SMILES string of the molecule is C=c1[nH]c(=O)/c(=C/c2cc(Cl)ccc2O)s1. The van der Waals surface area contributed by atoms with E-state index in [1.54, 1.807) is 18.2 Å². The van der Waals surface area contributed by atoms with Gasteiger partial charge in [0.2, 0.25) is 0 Å². The van der Waals surface area contributed by atoms with Gasteiger partial charge in [0.05, 0.1) is 9.20 Å². The van der Waals surface area contributed by atoms with Gasteiger partial charge in [-0.1, -0.05) is 18.2 Å². The number of phenols is 1. The molecule has 82 valence electrons. The molecule has 1 aromatic heterocycles. The van der Waals surface area contributed by atoms with Crippen LogP contribution in [0.2, 0.25) is 5.02 Å². The second-order valence-corrected chi connectivity index (χ2v) is 4.76. The van der Waals surface area contributed by atoms with Gasteiger partial charge in [0.25, 0.3) is 5.56 Å². The Morgan fingerprint density at radius 2 is 2.25 bits per heavy atom. The number of H-pyrrole nitrogens is 1. The van der Waals surface area contributed by atoms with Crippen molar-refractivity contribution in [3.63, 3.8) is 0 Å². The summed E-state index contributed by atoms with van der Waals surface area (Å²) in [5, 5.41) is 10.1. The molecule has 1 aromatic carbocycles. The molecular weight excluding hydrogens is 246 g/mol. The minimum Gasteiger partial charge on any atom is -0.507 e. The van der Waals surface area contributed by atoms with Crippen LogP contribution in [0.25, 0.3) is 12.7 Å². The summed E-state index contributed by atoms with van der Waals surface area (Å²) >= 11 is 7.04. The van der Waals surface area contributed by atoms with E-state index in [1.165, 1.54) is 17.4 Å². The fraction of sp³-hybridized carbons (Fsp3) is 0. The summed E-state index contributed by atoms with van der Waals surface area (Å²) < 4.78 is 1.07. The van der Waals surface area contributed by atoms with Crippen LogP contribution in [0.3, 0.4) is 0 Å². The average molecular weight is 254 g/mol. The molecule has 0 aliphatic rings. The first-order chi connectivity index (χ1) is 7.56. The zero-order valence-electron chi connectivity index (χ0n) is 8.16. The normalized spacial score (nSPS) is 11.9. The zero-order chi connectivity index (χ0) is 11.7. The minimum atomic E-state index is -0.214. The molecule has 3 nitrogen and oxygen atoms in total. The molecule has 2 rings (SSSR count). The third-order valence-corrected chi connectivity index (χ3v) is 3.09. The molecule has 2 N–H and O–H groups in total. The van der Waals surface area contributed by atoms with Crippen molar-refractivity contribution in [3.05, 3.63) is 48.3 Å². The van der Waals surface area contributed by atoms with E-state index in [2.05, 4.69) is 11.6 Å². The van der Waals surface area contributed by atoms with E-state index in [4.69, 9.17) is 11.6 Å². The van der Waals surface area contributed by atoms with Gasteiger partial charge in [-0.15, -0.1) is 11.3 Å². The number of hydrogen-bond acceptors (Lipinski definition) is 3. The summed E-state index contributed by atoms with van der Waals surface area (Å²) in [7, 11) is 0. The van der Waals surface area contributed by atoms with Crippen molar-refractivity contribution >= 4 is 35.6 Å². The third kappa shape index (κ3) is 2.18. The number of hydrogen-bond donors (Lipinski definition) is 2. The Balaban J connectivity index is 2.67. The average Bonchev–Trinajstić information content (AvgIpc) is 2.51. The molecule has 0 unspecified atom stereocenters. The standard InChI is InChI=1S/C11H8ClNO2S/c1-6-13-11(15)10(16-6)5-7-4-8(12)2-3-9(7)14/h2-5,14H,1H2,(H,13,15)/b10-5-. The van der Waals surface area contributed by atoms with Crippen molar-refractivity contribution < 1.29 is 5.11 Å². The highest BCUT2D eigenvalue weighted by atomic mass is 35.5. The fourth-order valence-electron chi connectivity index (χ4n) is 1.27. The third-order valence-electron chi connectivity index (χ3n) is 1.99. The molecular formula is C11H8ClNO2S. The Morgan fingerprint density at radius 1 is 1.50 bits per heavy atom. The number of aromatic hydroxyl groups is 1. The molecule has 16 heavy (non-hydrogen) atoms. The minimum absolute atomic E-state index is 0.0859. The zero-order valence-corrected chi connectivity index (χ0v) is 9.73. The molecule has 0 radical (unpaired) electrons. The molecule has 0 amide bonds. The van der Waals surface area contributed by atoms with Crippen molar-refractivity contribution in [1.29, 1.82) is 0 Å². The van der Waals surface area contributed by atoms with Crippen LogP contribution in [-0.4, -0.2) is 10.1 Å². The number of nitrogens with one attached hydrogen (secondary N) is 1. The van der Waals surface area contributed by atoms with Crippen molar-refractivity contribution in [2.24, 2.45) is 0 Å². The van der Waals surface area contributed by atoms with E-state index in [0.717, 1.165) is 0 Å². The number of rotatable bonds is 1. The molecule has 0 atom stereocenters. The first-order valence-corrected chi connectivity index (χ1v) is 5.64. The number of aromatic nitrogens is 1. The van der Waals surface area contributed by atoms with Gasteiger partial charge in [-0.3, -0.25) is 4.79 Å². The van der Waals surface area contributed by atoms with Gasteiger partial charge in [0.1, 0.15) is 5.75 Å². The first-order valence-electron chi connectivity index (χ1n) is 4.44. The van der Waals surface area contributed by atoms with Gasteiger partial charge in [0, 0.05) is 10.6 Å². The van der Waals surface area contributed by atoms with Gasteiger partial charge < -0.3 is 10.1 Å². The fourth-order valence-corrected chi connectivity index (χ4v) is 2.19. The van der Waals surface area contributed by atoms with Crippen molar-refractivity contribution in [2.75, 3.05) is 0 Å². The maximum Gasteiger partial charge on any atom is 0.266 e. The van der Waals surface area contributed by atoms with E-state index in [0.29, 0.717) is 19.8 Å². The molecule has 2 aromatic rings. The Labute approximate surface area is 100.0 Å². The van der Waals surface area contributed by atoms with Crippen molar-refractivity contribution in [1.82, 2.24) is 4.98 Å². The molecule has 1 heterocycles. The molecule has 0 aliphatic carbocycles. The molecule has 0 fully saturated rings. The lowest BCUT2D eigenvalue weighted by Gasteiger charge is -1.97. The van der Waals surface area contributed by atoms with Crippen molar-refractivity contribution in [3.8, 4) is 5.75 Å². The number of benzene rings is 1. The second kappa shape index (κ2) is 4.15. The quantitative estimate of drug-likeness (QED) is 0.798. The number of halogens is 1. The Morgan fingerprint density at radius 3 is 2.88 bits per heavy atom. The van der Waals surface area contributed by atoms with E-state index in [1.807, 2.05) is 0 Å². The molecule has 0 saturated heterocycles. The molecule has 0 saturated carbocycles. The van der Waals surface area contributed by atoms with Gasteiger partial charge in [-0.25, -0.2) is 0 Å². The smallest absolute Gasteiger partial charge is 0.266 e. The largest absolute Gasteiger partial charge is 0.507 e. The lowest BCUT2D eigenvalue weighted by Crippen LogP contribution is -2.19. The van der Waals surface area contributed by atoms with Crippen LogP contribution in [0.5, 0.6) is 5.75 Å². The van der Waals surface area contributed by atoms with Crippen LogP contribution in [0.1, 0.15) is 5.56 Å². The first kappa shape index (κ1) is 11.0. The number of thiazole rings is 1. The summed E-state index contributed by atoms with van der Waals surface area (Å²) in [5.74, 6) is 0.0859. The summed E-state index contributed by atoms with van der Waals surface area (Å²) in [4.78, 5) is 14.0. The predicted octanol–water partition coefficient (Wildman–Crippen LogP) is 1.03. The Bertz CT molecular complexity index is 687. The van der Waals surface area contributed by atoms with Gasteiger partial charge in [0.15, 0.2) is 0 Å². The summed E-state index contributed by atoms with van der Waals surface area (Å²) in [6, 6.07) is 4.67.